The largest absolute Gasteiger partial charge is 0.492 e. The minimum absolute atomic E-state index is 0.0188. The lowest BCUT2D eigenvalue weighted by Gasteiger charge is -2.15. The van der Waals surface area contributed by atoms with Gasteiger partial charge in [0.15, 0.2) is 0 Å². The molecule has 1 saturated heterocycles. The first-order valence-electron chi connectivity index (χ1n) is 6.55. The number of carbonyl (C=O) groups is 1. The van der Waals surface area contributed by atoms with E-state index in [-0.39, 0.29) is 11.8 Å². The van der Waals surface area contributed by atoms with E-state index in [0.717, 1.165) is 13.1 Å². The molecule has 1 fully saturated rings. The molecule has 0 bridgehead atoms. The number of benzene rings is 1. The van der Waals surface area contributed by atoms with Crippen molar-refractivity contribution in [2.24, 2.45) is 11.8 Å². The van der Waals surface area contributed by atoms with E-state index >= 15 is 0 Å². The van der Waals surface area contributed by atoms with Crippen LogP contribution in [0.15, 0.2) is 18.2 Å². The summed E-state index contributed by atoms with van der Waals surface area (Å²) in [7, 11) is 0. The molecule has 1 aromatic carbocycles. The van der Waals surface area contributed by atoms with E-state index in [4.69, 9.17) is 16.3 Å². The zero-order valence-corrected chi connectivity index (χ0v) is 12.0. The Morgan fingerprint density at radius 1 is 1.53 bits per heavy atom. The fourth-order valence-electron chi connectivity index (χ4n) is 2.25. The van der Waals surface area contributed by atoms with Crippen LogP contribution in [0.5, 0.6) is 5.75 Å². The highest BCUT2D eigenvalue weighted by Crippen LogP contribution is 2.28. The average Bonchev–Trinajstić information content (AvgIpc) is 2.79. The summed E-state index contributed by atoms with van der Waals surface area (Å²) in [5, 5.41) is 6.64. The van der Waals surface area contributed by atoms with Gasteiger partial charge in [0.2, 0.25) is 5.91 Å². The minimum Gasteiger partial charge on any atom is -0.492 e. The minimum atomic E-state index is 0.0188. The predicted octanol–water partition coefficient (Wildman–Crippen LogP) is 2.53. The van der Waals surface area contributed by atoms with Crippen molar-refractivity contribution in [2.75, 3.05) is 25.0 Å². The van der Waals surface area contributed by atoms with Crippen LogP contribution in [0.4, 0.5) is 5.69 Å². The molecule has 2 rings (SSSR count). The van der Waals surface area contributed by atoms with E-state index < -0.39 is 0 Å². The second-order valence-electron chi connectivity index (χ2n) is 4.81. The normalized spacial score (nSPS) is 22.3. The monoisotopic (exact) mass is 282 g/mol. The fourth-order valence-corrected chi connectivity index (χ4v) is 2.48. The second kappa shape index (κ2) is 6.26. The van der Waals surface area contributed by atoms with Crippen LogP contribution in [0.25, 0.3) is 0 Å². The van der Waals surface area contributed by atoms with E-state index in [1.54, 1.807) is 12.1 Å². The number of amides is 1. The van der Waals surface area contributed by atoms with Crippen LogP contribution in [0.1, 0.15) is 13.8 Å². The highest BCUT2D eigenvalue weighted by Gasteiger charge is 2.29. The summed E-state index contributed by atoms with van der Waals surface area (Å²) in [5.41, 5.74) is 0.706. The predicted molar refractivity (Wildman–Crippen MR) is 76.8 cm³/mol. The number of hydrogen-bond donors (Lipinski definition) is 2. The van der Waals surface area contributed by atoms with E-state index in [1.165, 1.54) is 0 Å². The molecule has 0 aromatic heterocycles. The Labute approximate surface area is 118 Å². The molecule has 0 unspecified atom stereocenters. The van der Waals surface area contributed by atoms with Gasteiger partial charge < -0.3 is 15.4 Å². The second-order valence-corrected chi connectivity index (χ2v) is 5.22. The molecule has 5 heteroatoms. The maximum atomic E-state index is 12.1. The Morgan fingerprint density at radius 3 is 2.89 bits per heavy atom. The Bertz CT molecular complexity index is 465. The number of hydrogen-bond acceptors (Lipinski definition) is 3. The maximum Gasteiger partial charge on any atom is 0.229 e. The van der Waals surface area contributed by atoms with Gasteiger partial charge in [-0.15, -0.1) is 0 Å². The van der Waals surface area contributed by atoms with E-state index in [1.807, 2.05) is 13.0 Å². The topological polar surface area (TPSA) is 50.4 Å². The first-order chi connectivity index (χ1) is 9.11. The van der Waals surface area contributed by atoms with E-state index in [2.05, 4.69) is 17.6 Å². The highest BCUT2D eigenvalue weighted by molar-refractivity contribution is 6.32. The van der Waals surface area contributed by atoms with Gasteiger partial charge in [-0.25, -0.2) is 0 Å². The van der Waals surface area contributed by atoms with Crippen molar-refractivity contribution in [2.45, 2.75) is 13.8 Å². The SMILES string of the molecule is CCOc1ccc(NC(=O)[C@@H]2CNC[C@H]2C)cc1Cl. The van der Waals surface area contributed by atoms with E-state index in [0.29, 0.717) is 29.0 Å². The van der Waals surface area contributed by atoms with Crippen molar-refractivity contribution >= 4 is 23.2 Å². The number of carbonyl (C=O) groups excluding carboxylic acids is 1. The summed E-state index contributed by atoms with van der Waals surface area (Å²) in [4.78, 5) is 12.1. The van der Waals surface area contributed by atoms with Crippen molar-refractivity contribution in [3.8, 4) is 5.75 Å². The van der Waals surface area contributed by atoms with Crippen LogP contribution < -0.4 is 15.4 Å². The maximum absolute atomic E-state index is 12.1. The van der Waals surface area contributed by atoms with Crippen molar-refractivity contribution in [3.05, 3.63) is 23.2 Å². The van der Waals surface area contributed by atoms with Gasteiger partial charge in [0.25, 0.3) is 0 Å². The van der Waals surface area contributed by atoms with Gasteiger partial charge >= 0.3 is 0 Å². The lowest BCUT2D eigenvalue weighted by Crippen LogP contribution is -2.27. The molecular formula is C14H19ClN2O2. The van der Waals surface area contributed by atoms with Gasteiger partial charge in [0.1, 0.15) is 5.75 Å². The van der Waals surface area contributed by atoms with Gasteiger partial charge in [0.05, 0.1) is 17.5 Å². The van der Waals surface area contributed by atoms with Gasteiger partial charge in [-0.1, -0.05) is 18.5 Å². The molecule has 1 heterocycles. The molecule has 2 N–H and O–H groups in total. The summed E-state index contributed by atoms with van der Waals surface area (Å²) in [6.45, 7) is 6.17. The third-order valence-electron chi connectivity index (χ3n) is 3.35. The number of ether oxygens (including phenoxy) is 1. The summed E-state index contributed by atoms with van der Waals surface area (Å²) in [5.74, 6) is 1.05. The van der Waals surface area contributed by atoms with Gasteiger partial charge in [0, 0.05) is 12.2 Å². The van der Waals surface area contributed by atoms with Crippen LogP contribution >= 0.6 is 11.6 Å². The standard InChI is InChI=1S/C14H19ClN2O2/c1-3-19-13-5-4-10(6-12(13)15)17-14(18)11-8-16-7-9(11)2/h4-6,9,11,16H,3,7-8H2,1-2H3,(H,17,18)/t9-,11-/m1/s1. The molecule has 1 amide bonds. The molecule has 2 atom stereocenters. The van der Waals surface area contributed by atoms with Gasteiger partial charge in [-0.3, -0.25) is 4.79 Å². The molecule has 4 nitrogen and oxygen atoms in total. The Balaban J connectivity index is 2.03. The zero-order chi connectivity index (χ0) is 13.8. The number of anilines is 1. The first-order valence-corrected chi connectivity index (χ1v) is 6.93. The lowest BCUT2D eigenvalue weighted by atomic mass is 9.97. The average molecular weight is 283 g/mol. The smallest absolute Gasteiger partial charge is 0.229 e. The lowest BCUT2D eigenvalue weighted by molar-refractivity contribution is -0.120. The molecule has 1 aliphatic rings. The van der Waals surface area contributed by atoms with Crippen LogP contribution in [0.2, 0.25) is 5.02 Å². The molecule has 0 saturated carbocycles. The molecule has 104 valence electrons. The van der Waals surface area contributed by atoms with Gasteiger partial charge in [-0.05, 0) is 37.6 Å². The molecule has 0 aliphatic carbocycles. The Kier molecular flexibility index (Phi) is 4.66. The molecule has 1 aromatic rings. The third-order valence-corrected chi connectivity index (χ3v) is 3.65. The number of nitrogens with one attached hydrogen (secondary N) is 2. The summed E-state index contributed by atoms with van der Waals surface area (Å²) >= 11 is 6.09. The summed E-state index contributed by atoms with van der Waals surface area (Å²) < 4.78 is 5.36. The molecule has 0 radical (unpaired) electrons. The van der Waals surface area contributed by atoms with Crippen molar-refractivity contribution in [1.29, 1.82) is 0 Å². The highest BCUT2D eigenvalue weighted by atomic mass is 35.5. The molecule has 19 heavy (non-hydrogen) atoms. The van der Waals surface area contributed by atoms with Crippen LogP contribution in [0, 0.1) is 11.8 Å². The molecule has 0 spiro atoms. The fraction of sp³-hybridized carbons (Fsp3) is 0.500. The van der Waals surface area contributed by atoms with Gasteiger partial charge in [-0.2, -0.15) is 0 Å². The van der Waals surface area contributed by atoms with Crippen molar-refractivity contribution < 1.29 is 9.53 Å². The Hall–Kier alpha value is -1.26. The number of rotatable bonds is 4. The van der Waals surface area contributed by atoms with Crippen LogP contribution in [-0.2, 0) is 4.79 Å². The van der Waals surface area contributed by atoms with Crippen molar-refractivity contribution in [1.82, 2.24) is 5.32 Å². The molecule has 1 aliphatic heterocycles. The number of halogens is 1. The van der Waals surface area contributed by atoms with Crippen LogP contribution in [0.3, 0.4) is 0 Å². The zero-order valence-electron chi connectivity index (χ0n) is 11.2. The third kappa shape index (κ3) is 3.39. The van der Waals surface area contributed by atoms with Crippen LogP contribution in [-0.4, -0.2) is 25.6 Å². The van der Waals surface area contributed by atoms with Crippen molar-refractivity contribution in [3.63, 3.8) is 0 Å². The van der Waals surface area contributed by atoms with E-state index in [9.17, 15) is 4.79 Å². The first kappa shape index (κ1) is 14.2. The summed E-state index contributed by atoms with van der Waals surface area (Å²) in [6.07, 6.45) is 0. The molecular weight excluding hydrogens is 264 g/mol. The quantitative estimate of drug-likeness (QED) is 0.892. The summed E-state index contributed by atoms with van der Waals surface area (Å²) in [6, 6.07) is 5.30. The Morgan fingerprint density at radius 2 is 2.32 bits per heavy atom.